The Labute approximate surface area is 110 Å². The summed E-state index contributed by atoms with van der Waals surface area (Å²) in [7, 11) is 1.67. The third-order valence-electron chi connectivity index (χ3n) is 3.04. The summed E-state index contributed by atoms with van der Waals surface area (Å²) < 4.78 is 11.1. The number of hydrogen-bond donors (Lipinski definition) is 1. The molecule has 0 aliphatic rings. The van der Waals surface area contributed by atoms with Crippen molar-refractivity contribution in [1.82, 2.24) is 5.32 Å². The molecule has 0 spiro atoms. The second kappa shape index (κ2) is 7.98. The topological polar surface area (TPSA) is 30.5 Å². The molecule has 3 nitrogen and oxygen atoms in total. The van der Waals surface area contributed by atoms with E-state index < -0.39 is 0 Å². The van der Waals surface area contributed by atoms with E-state index in [0.29, 0.717) is 6.04 Å². The minimum atomic E-state index is 0.162. The van der Waals surface area contributed by atoms with E-state index in [1.54, 1.807) is 7.11 Å². The fourth-order valence-corrected chi connectivity index (χ4v) is 1.92. The first-order valence-corrected chi connectivity index (χ1v) is 6.75. The van der Waals surface area contributed by atoms with Crippen molar-refractivity contribution in [3.63, 3.8) is 0 Å². The Bertz CT molecular complexity index is 324. The van der Waals surface area contributed by atoms with E-state index in [1.807, 2.05) is 24.3 Å². The molecule has 3 heteroatoms. The number of hydrogen-bond acceptors (Lipinski definition) is 3. The highest BCUT2D eigenvalue weighted by atomic mass is 16.5. The van der Waals surface area contributed by atoms with Gasteiger partial charge in [-0.25, -0.2) is 0 Å². The van der Waals surface area contributed by atoms with Crippen LogP contribution in [0.1, 0.15) is 33.6 Å². The lowest BCUT2D eigenvalue weighted by Crippen LogP contribution is -2.41. The molecule has 102 valence electrons. The highest BCUT2D eigenvalue weighted by Gasteiger charge is 2.15. The molecule has 0 radical (unpaired) electrons. The van der Waals surface area contributed by atoms with Crippen LogP contribution in [0, 0.1) is 0 Å². The molecule has 2 atom stereocenters. The van der Waals surface area contributed by atoms with E-state index >= 15 is 0 Å². The molecule has 1 aromatic carbocycles. The van der Waals surface area contributed by atoms with Gasteiger partial charge in [-0.15, -0.1) is 0 Å². The van der Waals surface area contributed by atoms with E-state index in [9.17, 15) is 0 Å². The van der Waals surface area contributed by atoms with Crippen LogP contribution in [0.15, 0.2) is 24.3 Å². The lowest BCUT2D eigenvalue weighted by Gasteiger charge is -2.25. The number of benzene rings is 1. The number of nitrogens with one attached hydrogen (secondary N) is 1. The van der Waals surface area contributed by atoms with E-state index in [1.165, 1.54) is 0 Å². The van der Waals surface area contributed by atoms with Gasteiger partial charge in [0.15, 0.2) is 0 Å². The van der Waals surface area contributed by atoms with Crippen molar-refractivity contribution in [2.75, 3.05) is 13.7 Å². The van der Waals surface area contributed by atoms with Crippen LogP contribution >= 0.6 is 0 Å². The van der Waals surface area contributed by atoms with Crippen LogP contribution in [0.5, 0.6) is 11.5 Å². The maximum Gasteiger partial charge on any atom is 0.120 e. The maximum atomic E-state index is 5.95. The van der Waals surface area contributed by atoms with E-state index in [-0.39, 0.29) is 6.10 Å². The Kier molecular flexibility index (Phi) is 6.58. The third-order valence-corrected chi connectivity index (χ3v) is 3.04. The maximum absolute atomic E-state index is 5.95. The molecule has 0 saturated carbocycles. The largest absolute Gasteiger partial charge is 0.497 e. The molecule has 1 aromatic rings. The zero-order valence-corrected chi connectivity index (χ0v) is 11.9. The third kappa shape index (κ3) is 4.57. The van der Waals surface area contributed by atoms with Crippen molar-refractivity contribution in [2.24, 2.45) is 0 Å². The van der Waals surface area contributed by atoms with Crippen LogP contribution in [0.25, 0.3) is 0 Å². The summed E-state index contributed by atoms with van der Waals surface area (Å²) >= 11 is 0. The normalized spacial score (nSPS) is 14.0. The van der Waals surface area contributed by atoms with Crippen LogP contribution in [-0.4, -0.2) is 25.8 Å². The van der Waals surface area contributed by atoms with Gasteiger partial charge in [0.2, 0.25) is 0 Å². The van der Waals surface area contributed by atoms with Crippen molar-refractivity contribution in [3.8, 4) is 11.5 Å². The average Bonchev–Trinajstić information content (AvgIpc) is 2.40. The van der Waals surface area contributed by atoms with Crippen molar-refractivity contribution in [1.29, 1.82) is 0 Å². The summed E-state index contributed by atoms with van der Waals surface area (Å²) in [5, 5.41) is 3.51. The van der Waals surface area contributed by atoms with Crippen LogP contribution in [0.2, 0.25) is 0 Å². The van der Waals surface area contributed by atoms with Crippen LogP contribution in [-0.2, 0) is 0 Å². The minimum Gasteiger partial charge on any atom is -0.497 e. The Morgan fingerprint density at radius 3 is 2.22 bits per heavy atom. The molecule has 18 heavy (non-hydrogen) atoms. The molecule has 0 aliphatic heterocycles. The first-order chi connectivity index (χ1) is 8.71. The Morgan fingerprint density at radius 2 is 1.72 bits per heavy atom. The van der Waals surface area contributed by atoms with Gasteiger partial charge in [0, 0.05) is 6.04 Å². The minimum absolute atomic E-state index is 0.162. The van der Waals surface area contributed by atoms with E-state index in [2.05, 4.69) is 26.1 Å². The summed E-state index contributed by atoms with van der Waals surface area (Å²) in [6.07, 6.45) is 2.37. The highest BCUT2D eigenvalue weighted by molar-refractivity contribution is 5.31. The molecule has 0 aromatic heterocycles. The van der Waals surface area contributed by atoms with Crippen LogP contribution in [0.3, 0.4) is 0 Å². The molecular weight excluding hydrogens is 226 g/mol. The van der Waals surface area contributed by atoms with Gasteiger partial charge in [-0.05, 0) is 50.6 Å². The zero-order valence-electron chi connectivity index (χ0n) is 11.9. The second-order valence-electron chi connectivity index (χ2n) is 4.47. The molecule has 1 N–H and O–H groups in total. The van der Waals surface area contributed by atoms with Gasteiger partial charge < -0.3 is 14.8 Å². The van der Waals surface area contributed by atoms with Gasteiger partial charge in [0.05, 0.1) is 7.11 Å². The number of methoxy groups -OCH3 is 1. The van der Waals surface area contributed by atoms with Crippen molar-refractivity contribution < 1.29 is 9.47 Å². The standard InChI is InChI=1S/C15H25NO2/c1-5-11-16-15(6-2)12(3)18-14-9-7-13(17-4)8-10-14/h7-10,12,15-16H,5-6,11H2,1-4H3. The first-order valence-electron chi connectivity index (χ1n) is 6.75. The molecule has 0 saturated heterocycles. The summed E-state index contributed by atoms with van der Waals surface area (Å²) in [5.41, 5.74) is 0. The molecule has 0 bridgehead atoms. The molecule has 0 aliphatic carbocycles. The summed E-state index contributed by atoms with van der Waals surface area (Å²) in [4.78, 5) is 0. The average molecular weight is 251 g/mol. The van der Waals surface area contributed by atoms with Crippen LogP contribution in [0.4, 0.5) is 0 Å². The second-order valence-corrected chi connectivity index (χ2v) is 4.47. The van der Waals surface area contributed by atoms with Gasteiger partial charge in [-0.1, -0.05) is 13.8 Å². The zero-order chi connectivity index (χ0) is 13.4. The van der Waals surface area contributed by atoms with Gasteiger partial charge in [-0.2, -0.15) is 0 Å². The summed E-state index contributed by atoms with van der Waals surface area (Å²) in [5.74, 6) is 1.74. The summed E-state index contributed by atoms with van der Waals surface area (Å²) in [6, 6.07) is 8.13. The first kappa shape index (κ1) is 14.8. The van der Waals surface area contributed by atoms with Gasteiger partial charge in [0.1, 0.15) is 17.6 Å². The quantitative estimate of drug-likeness (QED) is 0.769. The smallest absolute Gasteiger partial charge is 0.120 e. The lowest BCUT2D eigenvalue weighted by molar-refractivity contribution is 0.167. The fourth-order valence-electron chi connectivity index (χ4n) is 1.92. The van der Waals surface area contributed by atoms with Gasteiger partial charge in [0.25, 0.3) is 0 Å². The predicted octanol–water partition coefficient (Wildman–Crippen LogP) is 3.24. The van der Waals surface area contributed by atoms with Crippen LogP contribution < -0.4 is 14.8 Å². The van der Waals surface area contributed by atoms with E-state index in [4.69, 9.17) is 9.47 Å². The van der Waals surface area contributed by atoms with Crippen molar-refractivity contribution >= 4 is 0 Å². The monoisotopic (exact) mass is 251 g/mol. The fraction of sp³-hybridized carbons (Fsp3) is 0.600. The SMILES string of the molecule is CCCNC(CC)C(C)Oc1ccc(OC)cc1. The predicted molar refractivity (Wildman–Crippen MR) is 75.5 cm³/mol. The highest BCUT2D eigenvalue weighted by Crippen LogP contribution is 2.19. The molecule has 2 unspecified atom stereocenters. The Hall–Kier alpha value is -1.22. The molecule has 0 fully saturated rings. The summed E-state index contributed by atoms with van der Waals surface area (Å²) in [6.45, 7) is 7.51. The van der Waals surface area contributed by atoms with Crippen molar-refractivity contribution in [2.45, 2.75) is 45.8 Å². The molecule has 0 amide bonds. The molecule has 1 rings (SSSR count). The van der Waals surface area contributed by atoms with E-state index in [0.717, 1.165) is 30.9 Å². The van der Waals surface area contributed by atoms with Crippen molar-refractivity contribution in [3.05, 3.63) is 24.3 Å². The lowest BCUT2D eigenvalue weighted by atomic mass is 10.1. The Balaban J connectivity index is 2.52. The van der Waals surface area contributed by atoms with Gasteiger partial charge in [-0.3, -0.25) is 0 Å². The molecular formula is C15H25NO2. The van der Waals surface area contributed by atoms with Gasteiger partial charge >= 0.3 is 0 Å². The Morgan fingerprint density at radius 1 is 1.11 bits per heavy atom. The number of ether oxygens (including phenoxy) is 2. The molecule has 0 heterocycles. The number of rotatable bonds is 8.